The molecule has 0 fully saturated rings. The molecule has 0 radical (unpaired) electrons. The first-order chi connectivity index (χ1) is 8.70. The monoisotopic (exact) mass is 245 g/mol. The Hall–Kier alpha value is -2.43. The maximum absolute atomic E-state index is 11.9. The number of aromatic nitrogens is 1. The van der Waals surface area contributed by atoms with Gasteiger partial charge in [0.1, 0.15) is 11.4 Å². The zero-order chi connectivity index (χ0) is 13.0. The second kappa shape index (κ2) is 5.27. The summed E-state index contributed by atoms with van der Waals surface area (Å²) in [6.45, 7) is 2.44. The van der Waals surface area contributed by atoms with Crippen molar-refractivity contribution in [3.05, 3.63) is 42.2 Å². The third kappa shape index (κ3) is 2.63. The number of nitrogens with one attached hydrogen (secondary N) is 2. The van der Waals surface area contributed by atoms with Gasteiger partial charge >= 0.3 is 0 Å². The van der Waals surface area contributed by atoms with Gasteiger partial charge < -0.3 is 20.8 Å². The third-order valence-corrected chi connectivity index (χ3v) is 2.39. The first kappa shape index (κ1) is 12.0. The molecule has 5 nitrogen and oxygen atoms in total. The van der Waals surface area contributed by atoms with Crippen molar-refractivity contribution in [1.29, 1.82) is 0 Å². The lowest BCUT2D eigenvalue weighted by Gasteiger charge is -2.10. The minimum atomic E-state index is -0.251. The smallest absolute Gasteiger partial charge is 0.272 e. The number of nitrogens with two attached hydrogens (primary N) is 1. The fourth-order valence-electron chi connectivity index (χ4n) is 1.58. The number of benzene rings is 1. The average molecular weight is 245 g/mol. The minimum Gasteiger partial charge on any atom is -0.492 e. The van der Waals surface area contributed by atoms with E-state index >= 15 is 0 Å². The molecule has 0 aliphatic carbocycles. The molecule has 94 valence electrons. The molecule has 0 bridgehead atoms. The van der Waals surface area contributed by atoms with Crippen LogP contribution in [0, 0.1) is 0 Å². The number of nitrogen functional groups attached to an aromatic ring is 1. The van der Waals surface area contributed by atoms with Crippen LogP contribution in [0.15, 0.2) is 36.5 Å². The number of carbonyl (C=O) groups excluding carboxylic acids is 1. The second-order valence-electron chi connectivity index (χ2n) is 3.73. The van der Waals surface area contributed by atoms with E-state index in [0.717, 1.165) is 0 Å². The molecule has 4 N–H and O–H groups in total. The number of rotatable bonds is 4. The van der Waals surface area contributed by atoms with Crippen LogP contribution in [-0.2, 0) is 0 Å². The van der Waals surface area contributed by atoms with Crippen LogP contribution in [0.25, 0.3) is 0 Å². The third-order valence-electron chi connectivity index (χ3n) is 2.39. The molecule has 0 saturated heterocycles. The Balaban J connectivity index is 2.16. The lowest BCUT2D eigenvalue weighted by atomic mass is 10.2. The van der Waals surface area contributed by atoms with Gasteiger partial charge in [0.2, 0.25) is 0 Å². The van der Waals surface area contributed by atoms with Crippen molar-refractivity contribution in [3.8, 4) is 5.75 Å². The van der Waals surface area contributed by atoms with Crippen LogP contribution < -0.4 is 15.8 Å². The highest BCUT2D eigenvalue weighted by Gasteiger charge is 2.10. The highest BCUT2D eigenvalue weighted by Crippen LogP contribution is 2.24. The van der Waals surface area contributed by atoms with Crippen LogP contribution in [0.5, 0.6) is 5.75 Å². The summed E-state index contributed by atoms with van der Waals surface area (Å²) in [5.74, 6) is 0.395. The number of para-hydroxylation sites is 2. The van der Waals surface area contributed by atoms with E-state index in [9.17, 15) is 4.79 Å². The van der Waals surface area contributed by atoms with Crippen molar-refractivity contribution in [2.75, 3.05) is 17.7 Å². The van der Waals surface area contributed by atoms with Gasteiger partial charge in [-0.2, -0.15) is 0 Å². The van der Waals surface area contributed by atoms with E-state index in [-0.39, 0.29) is 5.91 Å². The van der Waals surface area contributed by atoms with E-state index in [2.05, 4.69) is 10.3 Å². The Labute approximate surface area is 105 Å². The maximum atomic E-state index is 11.9. The SMILES string of the molecule is CCOc1ccccc1NC(=O)c1cc(N)c[nH]1. The summed E-state index contributed by atoms with van der Waals surface area (Å²) in [6, 6.07) is 8.87. The van der Waals surface area contributed by atoms with Crippen LogP contribution in [0.2, 0.25) is 0 Å². The summed E-state index contributed by atoms with van der Waals surface area (Å²) in [7, 11) is 0. The Kier molecular flexibility index (Phi) is 3.52. The summed E-state index contributed by atoms with van der Waals surface area (Å²) in [4.78, 5) is 14.7. The van der Waals surface area contributed by atoms with Crippen LogP contribution >= 0.6 is 0 Å². The summed E-state index contributed by atoms with van der Waals surface area (Å²) >= 11 is 0. The number of carbonyl (C=O) groups is 1. The van der Waals surface area contributed by atoms with E-state index in [4.69, 9.17) is 10.5 Å². The van der Waals surface area contributed by atoms with Crippen molar-refractivity contribution in [1.82, 2.24) is 4.98 Å². The Morgan fingerprint density at radius 2 is 2.22 bits per heavy atom. The number of aromatic amines is 1. The van der Waals surface area contributed by atoms with Gasteiger partial charge in [-0.15, -0.1) is 0 Å². The van der Waals surface area contributed by atoms with Gasteiger partial charge in [0.15, 0.2) is 0 Å². The normalized spacial score (nSPS) is 10.1. The fraction of sp³-hybridized carbons (Fsp3) is 0.154. The number of H-pyrrole nitrogens is 1. The van der Waals surface area contributed by atoms with Crippen molar-refractivity contribution in [2.24, 2.45) is 0 Å². The molecular weight excluding hydrogens is 230 g/mol. The Morgan fingerprint density at radius 3 is 2.89 bits per heavy atom. The molecule has 1 amide bonds. The van der Waals surface area contributed by atoms with Gasteiger partial charge in [0.25, 0.3) is 5.91 Å². The molecule has 0 saturated carbocycles. The number of hydrogen-bond donors (Lipinski definition) is 3. The zero-order valence-electron chi connectivity index (χ0n) is 10.1. The van der Waals surface area contributed by atoms with Crippen LogP contribution in [-0.4, -0.2) is 17.5 Å². The minimum absolute atomic E-state index is 0.251. The molecule has 1 heterocycles. The quantitative estimate of drug-likeness (QED) is 0.772. The molecular formula is C13H15N3O2. The highest BCUT2D eigenvalue weighted by atomic mass is 16.5. The molecule has 0 spiro atoms. The van der Waals surface area contributed by atoms with Crippen molar-refractivity contribution in [2.45, 2.75) is 6.92 Å². The Bertz CT molecular complexity index is 549. The molecule has 2 rings (SSSR count). The van der Waals surface area contributed by atoms with Crippen molar-refractivity contribution < 1.29 is 9.53 Å². The van der Waals surface area contributed by atoms with Gasteiger partial charge in [-0.25, -0.2) is 0 Å². The maximum Gasteiger partial charge on any atom is 0.272 e. The van der Waals surface area contributed by atoms with Gasteiger partial charge in [-0.3, -0.25) is 4.79 Å². The molecule has 0 atom stereocenters. The molecule has 18 heavy (non-hydrogen) atoms. The van der Waals surface area contributed by atoms with Gasteiger partial charge in [0, 0.05) is 11.9 Å². The fourth-order valence-corrected chi connectivity index (χ4v) is 1.58. The lowest BCUT2D eigenvalue weighted by Crippen LogP contribution is -2.13. The largest absolute Gasteiger partial charge is 0.492 e. The van der Waals surface area contributed by atoms with Gasteiger partial charge in [-0.05, 0) is 25.1 Å². The van der Waals surface area contributed by atoms with E-state index < -0.39 is 0 Å². The summed E-state index contributed by atoms with van der Waals surface area (Å²) in [6.07, 6.45) is 1.57. The molecule has 0 aliphatic heterocycles. The second-order valence-corrected chi connectivity index (χ2v) is 3.73. The molecule has 1 aromatic heterocycles. The number of amides is 1. The molecule has 0 unspecified atom stereocenters. The molecule has 2 aromatic rings. The van der Waals surface area contributed by atoms with Crippen molar-refractivity contribution in [3.63, 3.8) is 0 Å². The van der Waals surface area contributed by atoms with Gasteiger partial charge in [-0.1, -0.05) is 12.1 Å². The summed E-state index contributed by atoms with van der Waals surface area (Å²) in [5, 5.41) is 2.77. The topological polar surface area (TPSA) is 80.1 Å². The highest BCUT2D eigenvalue weighted by molar-refractivity contribution is 6.04. The zero-order valence-corrected chi connectivity index (χ0v) is 10.1. The first-order valence-electron chi connectivity index (χ1n) is 5.67. The number of ether oxygens (including phenoxy) is 1. The Morgan fingerprint density at radius 1 is 1.44 bits per heavy atom. The van der Waals surface area contributed by atoms with Crippen LogP contribution in [0.3, 0.4) is 0 Å². The summed E-state index contributed by atoms with van der Waals surface area (Å²) < 4.78 is 5.43. The molecule has 5 heteroatoms. The lowest BCUT2D eigenvalue weighted by molar-refractivity contribution is 0.102. The van der Waals surface area contributed by atoms with Crippen LogP contribution in [0.4, 0.5) is 11.4 Å². The predicted octanol–water partition coefficient (Wildman–Crippen LogP) is 2.25. The first-order valence-corrected chi connectivity index (χ1v) is 5.67. The molecule has 1 aromatic carbocycles. The van der Waals surface area contributed by atoms with Crippen molar-refractivity contribution >= 4 is 17.3 Å². The van der Waals surface area contributed by atoms with E-state index in [1.807, 2.05) is 25.1 Å². The summed E-state index contributed by atoms with van der Waals surface area (Å²) in [5.41, 5.74) is 7.13. The van der Waals surface area contributed by atoms with E-state index in [1.54, 1.807) is 18.3 Å². The number of anilines is 2. The average Bonchev–Trinajstić information content (AvgIpc) is 2.79. The molecule has 0 aliphatic rings. The predicted molar refractivity (Wildman–Crippen MR) is 70.8 cm³/mol. The van der Waals surface area contributed by atoms with E-state index in [1.165, 1.54) is 0 Å². The van der Waals surface area contributed by atoms with E-state index in [0.29, 0.717) is 29.4 Å². The van der Waals surface area contributed by atoms with Crippen LogP contribution in [0.1, 0.15) is 17.4 Å². The number of hydrogen-bond acceptors (Lipinski definition) is 3. The van der Waals surface area contributed by atoms with Gasteiger partial charge in [0.05, 0.1) is 12.3 Å². The standard InChI is InChI=1S/C13H15N3O2/c1-2-18-12-6-4-3-5-10(12)16-13(17)11-7-9(14)8-15-11/h3-8,15H,2,14H2,1H3,(H,16,17).